The quantitative estimate of drug-likeness (QED) is 0.925. The SMILES string of the molecule is CC1CCC2(CC1)CN(Cc1cnc(-c3ccccc3)[nH]1)C2. The van der Waals surface area contributed by atoms with E-state index in [0.29, 0.717) is 5.41 Å². The molecule has 1 N–H and O–H groups in total. The molecule has 0 amide bonds. The zero-order chi connectivity index (χ0) is 15.0. The predicted octanol–water partition coefficient (Wildman–Crippen LogP) is 4.09. The second-order valence-electron chi connectivity index (χ2n) is 7.45. The van der Waals surface area contributed by atoms with Crippen LogP contribution < -0.4 is 0 Å². The number of nitrogens with zero attached hydrogens (tertiary/aromatic N) is 2. The van der Waals surface area contributed by atoms with Gasteiger partial charge in [0.25, 0.3) is 0 Å². The maximum absolute atomic E-state index is 4.53. The molecule has 0 bridgehead atoms. The fraction of sp³-hybridized carbons (Fsp3) is 0.526. The molecule has 3 heteroatoms. The molecule has 4 rings (SSSR count). The molecule has 0 atom stereocenters. The van der Waals surface area contributed by atoms with Crippen molar-refractivity contribution in [2.75, 3.05) is 13.1 Å². The van der Waals surface area contributed by atoms with E-state index < -0.39 is 0 Å². The summed E-state index contributed by atoms with van der Waals surface area (Å²) >= 11 is 0. The first-order chi connectivity index (χ1) is 10.7. The van der Waals surface area contributed by atoms with Gasteiger partial charge < -0.3 is 4.98 Å². The van der Waals surface area contributed by atoms with Crippen LogP contribution in [0.2, 0.25) is 0 Å². The van der Waals surface area contributed by atoms with Crippen LogP contribution in [0.25, 0.3) is 11.4 Å². The van der Waals surface area contributed by atoms with Gasteiger partial charge in [0.2, 0.25) is 0 Å². The molecule has 1 saturated carbocycles. The van der Waals surface area contributed by atoms with Crippen LogP contribution in [0, 0.1) is 11.3 Å². The Morgan fingerprint density at radius 2 is 1.91 bits per heavy atom. The van der Waals surface area contributed by atoms with Crippen molar-refractivity contribution >= 4 is 0 Å². The predicted molar refractivity (Wildman–Crippen MR) is 89.4 cm³/mol. The summed E-state index contributed by atoms with van der Waals surface area (Å²) in [6.07, 6.45) is 7.72. The van der Waals surface area contributed by atoms with Crippen LogP contribution in [-0.2, 0) is 6.54 Å². The highest BCUT2D eigenvalue weighted by Crippen LogP contribution is 2.45. The lowest BCUT2D eigenvalue weighted by atomic mass is 9.66. The number of aromatic amines is 1. The summed E-state index contributed by atoms with van der Waals surface area (Å²) < 4.78 is 0. The van der Waals surface area contributed by atoms with E-state index in [-0.39, 0.29) is 0 Å². The summed E-state index contributed by atoms with van der Waals surface area (Å²) in [5.41, 5.74) is 3.04. The van der Waals surface area contributed by atoms with Crippen molar-refractivity contribution in [3.05, 3.63) is 42.2 Å². The molecule has 22 heavy (non-hydrogen) atoms. The van der Waals surface area contributed by atoms with Crippen molar-refractivity contribution < 1.29 is 0 Å². The molecule has 2 heterocycles. The molecule has 1 aliphatic carbocycles. The van der Waals surface area contributed by atoms with Crippen LogP contribution in [0.3, 0.4) is 0 Å². The minimum Gasteiger partial charge on any atom is -0.341 e. The van der Waals surface area contributed by atoms with Crippen LogP contribution in [-0.4, -0.2) is 28.0 Å². The van der Waals surface area contributed by atoms with E-state index in [1.807, 2.05) is 12.3 Å². The Bertz CT molecular complexity index is 615. The standard InChI is InChI=1S/C19H25N3/c1-15-7-9-19(10-8-15)13-22(14-19)12-17-11-20-18(21-17)16-5-3-2-4-6-16/h2-6,11,15H,7-10,12-14H2,1H3,(H,20,21). The third-order valence-corrected chi connectivity index (χ3v) is 5.52. The van der Waals surface area contributed by atoms with E-state index in [9.17, 15) is 0 Å². The number of rotatable bonds is 3. The number of H-pyrrole nitrogens is 1. The Labute approximate surface area is 132 Å². The zero-order valence-electron chi connectivity index (χ0n) is 13.4. The summed E-state index contributed by atoms with van der Waals surface area (Å²) in [4.78, 5) is 10.6. The summed E-state index contributed by atoms with van der Waals surface area (Å²) in [5.74, 6) is 1.93. The minimum absolute atomic E-state index is 0.648. The number of likely N-dealkylation sites (tertiary alicyclic amines) is 1. The molecule has 2 aliphatic rings. The Balaban J connectivity index is 1.35. The van der Waals surface area contributed by atoms with E-state index in [4.69, 9.17) is 0 Å². The molecule has 3 nitrogen and oxygen atoms in total. The fourth-order valence-electron chi connectivity index (χ4n) is 4.13. The smallest absolute Gasteiger partial charge is 0.137 e. The Morgan fingerprint density at radius 3 is 2.64 bits per heavy atom. The van der Waals surface area contributed by atoms with Crippen molar-refractivity contribution in [2.45, 2.75) is 39.2 Å². The number of nitrogens with one attached hydrogen (secondary N) is 1. The molecule has 1 aromatic carbocycles. The highest BCUT2D eigenvalue weighted by molar-refractivity contribution is 5.54. The lowest BCUT2D eigenvalue weighted by Gasteiger charge is -2.53. The first kappa shape index (κ1) is 14.0. The largest absolute Gasteiger partial charge is 0.341 e. The molecule has 1 aliphatic heterocycles. The van der Waals surface area contributed by atoms with Crippen molar-refractivity contribution in [2.24, 2.45) is 11.3 Å². The maximum Gasteiger partial charge on any atom is 0.137 e. The number of hydrogen-bond acceptors (Lipinski definition) is 2. The minimum atomic E-state index is 0.648. The van der Waals surface area contributed by atoms with Gasteiger partial charge in [0.15, 0.2) is 0 Å². The third kappa shape index (κ3) is 2.70. The molecule has 2 fully saturated rings. The van der Waals surface area contributed by atoms with Gasteiger partial charge in [0, 0.05) is 37.1 Å². The molecule has 0 radical (unpaired) electrons. The second-order valence-corrected chi connectivity index (χ2v) is 7.45. The van der Waals surface area contributed by atoms with Gasteiger partial charge in [-0.1, -0.05) is 50.1 Å². The van der Waals surface area contributed by atoms with Gasteiger partial charge in [-0.05, 0) is 24.2 Å². The Morgan fingerprint density at radius 1 is 1.18 bits per heavy atom. The van der Waals surface area contributed by atoms with E-state index in [0.717, 1.165) is 23.9 Å². The van der Waals surface area contributed by atoms with E-state index in [2.05, 4.69) is 46.1 Å². The average Bonchev–Trinajstić information content (AvgIpc) is 2.98. The van der Waals surface area contributed by atoms with Crippen molar-refractivity contribution in [1.29, 1.82) is 0 Å². The van der Waals surface area contributed by atoms with Gasteiger partial charge in [-0.15, -0.1) is 0 Å². The molecule has 1 spiro atoms. The summed E-state index contributed by atoms with van der Waals surface area (Å²) in [6, 6.07) is 10.4. The molecular weight excluding hydrogens is 270 g/mol. The number of aromatic nitrogens is 2. The molecule has 1 aromatic heterocycles. The van der Waals surface area contributed by atoms with Gasteiger partial charge in [-0.2, -0.15) is 0 Å². The van der Waals surface area contributed by atoms with Gasteiger partial charge in [0.1, 0.15) is 5.82 Å². The van der Waals surface area contributed by atoms with E-state index in [1.165, 1.54) is 44.5 Å². The lowest BCUT2D eigenvalue weighted by Crippen LogP contribution is -2.56. The Kier molecular flexibility index (Phi) is 3.53. The van der Waals surface area contributed by atoms with Crippen molar-refractivity contribution in [1.82, 2.24) is 14.9 Å². The number of benzene rings is 1. The highest BCUT2D eigenvalue weighted by atomic mass is 15.2. The average molecular weight is 295 g/mol. The number of imidazole rings is 1. The first-order valence-corrected chi connectivity index (χ1v) is 8.54. The number of hydrogen-bond donors (Lipinski definition) is 1. The van der Waals surface area contributed by atoms with Crippen LogP contribution in [0.5, 0.6) is 0 Å². The van der Waals surface area contributed by atoms with Gasteiger partial charge in [-0.3, -0.25) is 4.90 Å². The first-order valence-electron chi connectivity index (χ1n) is 8.54. The van der Waals surface area contributed by atoms with Crippen LogP contribution in [0.1, 0.15) is 38.3 Å². The van der Waals surface area contributed by atoms with E-state index >= 15 is 0 Å². The van der Waals surface area contributed by atoms with Crippen LogP contribution >= 0.6 is 0 Å². The summed E-state index contributed by atoms with van der Waals surface area (Å²) in [7, 11) is 0. The van der Waals surface area contributed by atoms with Crippen molar-refractivity contribution in [3.63, 3.8) is 0 Å². The molecule has 0 unspecified atom stereocenters. The fourth-order valence-corrected chi connectivity index (χ4v) is 4.13. The van der Waals surface area contributed by atoms with Crippen LogP contribution in [0.4, 0.5) is 0 Å². The Hall–Kier alpha value is -1.61. The topological polar surface area (TPSA) is 31.9 Å². The van der Waals surface area contributed by atoms with Gasteiger partial charge in [-0.25, -0.2) is 4.98 Å². The third-order valence-electron chi connectivity index (χ3n) is 5.52. The van der Waals surface area contributed by atoms with E-state index in [1.54, 1.807) is 0 Å². The maximum atomic E-state index is 4.53. The highest BCUT2D eigenvalue weighted by Gasteiger charge is 2.44. The second kappa shape index (κ2) is 5.54. The summed E-state index contributed by atoms with van der Waals surface area (Å²) in [6.45, 7) is 5.97. The van der Waals surface area contributed by atoms with Crippen molar-refractivity contribution in [3.8, 4) is 11.4 Å². The van der Waals surface area contributed by atoms with Crippen LogP contribution in [0.15, 0.2) is 36.5 Å². The molecular formula is C19H25N3. The molecule has 2 aromatic rings. The lowest BCUT2D eigenvalue weighted by molar-refractivity contribution is -0.0420. The zero-order valence-corrected chi connectivity index (χ0v) is 13.4. The monoisotopic (exact) mass is 295 g/mol. The van der Waals surface area contributed by atoms with Gasteiger partial charge in [0.05, 0.1) is 0 Å². The normalized spacial score (nSPS) is 21.9. The molecule has 1 saturated heterocycles. The molecule has 116 valence electrons. The summed E-state index contributed by atoms with van der Waals surface area (Å²) in [5, 5.41) is 0. The van der Waals surface area contributed by atoms with Gasteiger partial charge >= 0.3 is 0 Å².